The van der Waals surface area contributed by atoms with Crippen molar-refractivity contribution in [1.82, 2.24) is 4.90 Å². The third-order valence-electron chi connectivity index (χ3n) is 3.14. The van der Waals surface area contributed by atoms with Gasteiger partial charge >= 0.3 is 0 Å². The molecule has 0 aliphatic rings. The molecule has 0 spiro atoms. The van der Waals surface area contributed by atoms with Crippen LogP contribution in [0.3, 0.4) is 0 Å². The molecule has 1 unspecified atom stereocenters. The molecule has 0 amide bonds. The molecule has 0 aliphatic carbocycles. The molecular formula is C15H26N2. The molecule has 17 heavy (non-hydrogen) atoms. The summed E-state index contributed by atoms with van der Waals surface area (Å²) in [6, 6.07) is 7.01. The van der Waals surface area contributed by atoms with Crippen molar-refractivity contribution >= 4 is 0 Å². The monoisotopic (exact) mass is 234 g/mol. The molecule has 1 aromatic rings. The predicted octanol–water partition coefficient (Wildman–Crippen LogP) is 2.86. The highest BCUT2D eigenvalue weighted by Crippen LogP contribution is 2.12. The van der Waals surface area contributed by atoms with Crippen LogP contribution in [0.4, 0.5) is 0 Å². The van der Waals surface area contributed by atoms with Crippen molar-refractivity contribution in [2.24, 2.45) is 5.73 Å². The Morgan fingerprint density at radius 1 is 1.29 bits per heavy atom. The zero-order valence-corrected chi connectivity index (χ0v) is 11.7. The maximum Gasteiger partial charge on any atom is 0.0233 e. The van der Waals surface area contributed by atoms with E-state index in [0.717, 1.165) is 19.5 Å². The highest BCUT2D eigenvalue weighted by atomic mass is 15.1. The molecule has 0 radical (unpaired) electrons. The van der Waals surface area contributed by atoms with Crippen molar-refractivity contribution in [1.29, 1.82) is 0 Å². The minimum atomic E-state index is 0.324. The first-order valence-corrected chi connectivity index (χ1v) is 6.49. The molecule has 2 N–H and O–H groups in total. The Morgan fingerprint density at radius 2 is 2.00 bits per heavy atom. The second-order valence-corrected chi connectivity index (χ2v) is 5.29. The van der Waals surface area contributed by atoms with Gasteiger partial charge in [-0.1, -0.05) is 23.8 Å². The number of aryl methyl sites for hydroxylation is 2. The van der Waals surface area contributed by atoms with Gasteiger partial charge in [0.1, 0.15) is 0 Å². The fourth-order valence-corrected chi connectivity index (χ4v) is 2.08. The van der Waals surface area contributed by atoms with Crippen LogP contribution in [-0.4, -0.2) is 24.5 Å². The number of hydrogen-bond acceptors (Lipinski definition) is 2. The lowest BCUT2D eigenvalue weighted by atomic mass is 10.1. The van der Waals surface area contributed by atoms with Gasteiger partial charge in [-0.3, -0.25) is 0 Å². The van der Waals surface area contributed by atoms with Gasteiger partial charge in [-0.15, -0.1) is 0 Å². The van der Waals surface area contributed by atoms with Crippen molar-refractivity contribution in [2.45, 2.75) is 46.2 Å². The van der Waals surface area contributed by atoms with E-state index >= 15 is 0 Å². The molecule has 96 valence electrons. The van der Waals surface area contributed by atoms with Crippen molar-refractivity contribution in [3.8, 4) is 0 Å². The largest absolute Gasteiger partial charge is 0.328 e. The average Bonchev–Trinajstić information content (AvgIpc) is 2.21. The molecule has 0 saturated heterocycles. The zero-order valence-electron chi connectivity index (χ0n) is 11.7. The maximum absolute atomic E-state index is 5.75. The topological polar surface area (TPSA) is 29.3 Å². The molecule has 1 aromatic carbocycles. The summed E-state index contributed by atoms with van der Waals surface area (Å²) in [4.78, 5) is 2.38. The standard InChI is InChI=1S/C15H26N2/c1-12-7-8-15(13(2)10-12)11-17(4)9-5-6-14(3)16/h7-8,10,14H,5-6,9,11,16H2,1-4H3. The highest BCUT2D eigenvalue weighted by Gasteiger charge is 2.04. The van der Waals surface area contributed by atoms with E-state index < -0.39 is 0 Å². The average molecular weight is 234 g/mol. The first-order valence-electron chi connectivity index (χ1n) is 6.49. The van der Waals surface area contributed by atoms with E-state index in [9.17, 15) is 0 Å². The van der Waals surface area contributed by atoms with Gasteiger partial charge in [0.25, 0.3) is 0 Å². The van der Waals surface area contributed by atoms with Crippen LogP contribution in [0.5, 0.6) is 0 Å². The molecule has 0 aromatic heterocycles. The molecule has 0 bridgehead atoms. The van der Waals surface area contributed by atoms with Gasteiger partial charge in [0.2, 0.25) is 0 Å². The van der Waals surface area contributed by atoms with E-state index in [1.54, 1.807) is 0 Å². The number of hydrogen-bond donors (Lipinski definition) is 1. The van der Waals surface area contributed by atoms with Crippen molar-refractivity contribution in [3.63, 3.8) is 0 Å². The molecule has 1 atom stereocenters. The maximum atomic E-state index is 5.75. The second-order valence-electron chi connectivity index (χ2n) is 5.29. The van der Waals surface area contributed by atoms with Gasteiger partial charge in [0.15, 0.2) is 0 Å². The van der Waals surface area contributed by atoms with E-state index in [-0.39, 0.29) is 0 Å². The van der Waals surface area contributed by atoms with Crippen molar-refractivity contribution in [2.75, 3.05) is 13.6 Å². The number of nitrogens with two attached hydrogens (primary N) is 1. The minimum Gasteiger partial charge on any atom is -0.328 e. The van der Waals surface area contributed by atoms with Crippen LogP contribution in [0.1, 0.15) is 36.5 Å². The van der Waals surface area contributed by atoms with Gasteiger partial charge in [0.05, 0.1) is 0 Å². The summed E-state index contributed by atoms with van der Waals surface area (Å²) in [6.07, 6.45) is 2.29. The summed E-state index contributed by atoms with van der Waals surface area (Å²) >= 11 is 0. The van der Waals surface area contributed by atoms with Crippen molar-refractivity contribution < 1.29 is 0 Å². The molecule has 0 fully saturated rings. The smallest absolute Gasteiger partial charge is 0.0233 e. The van der Waals surface area contributed by atoms with Gasteiger partial charge in [0, 0.05) is 12.6 Å². The van der Waals surface area contributed by atoms with Crippen LogP contribution >= 0.6 is 0 Å². The summed E-state index contributed by atoms with van der Waals surface area (Å²) in [5.41, 5.74) is 9.91. The first kappa shape index (κ1) is 14.2. The van der Waals surface area contributed by atoms with E-state index in [1.165, 1.54) is 23.1 Å². The molecule has 0 saturated carbocycles. The Balaban J connectivity index is 2.42. The lowest BCUT2D eigenvalue weighted by molar-refractivity contribution is 0.314. The van der Waals surface area contributed by atoms with Gasteiger partial charge in [-0.2, -0.15) is 0 Å². The Hall–Kier alpha value is -0.860. The molecule has 1 rings (SSSR count). The number of rotatable bonds is 6. The summed E-state index contributed by atoms with van der Waals surface area (Å²) in [7, 11) is 2.18. The molecule has 2 heteroatoms. The Bertz CT molecular complexity index is 345. The third-order valence-corrected chi connectivity index (χ3v) is 3.14. The lowest BCUT2D eigenvalue weighted by Crippen LogP contribution is -2.22. The fraction of sp³-hybridized carbons (Fsp3) is 0.600. The fourth-order valence-electron chi connectivity index (χ4n) is 2.08. The molecular weight excluding hydrogens is 208 g/mol. The van der Waals surface area contributed by atoms with E-state index in [4.69, 9.17) is 5.73 Å². The van der Waals surface area contributed by atoms with Crippen LogP contribution < -0.4 is 5.73 Å². The summed E-state index contributed by atoms with van der Waals surface area (Å²) < 4.78 is 0. The summed E-state index contributed by atoms with van der Waals surface area (Å²) in [6.45, 7) is 8.56. The Kier molecular flexibility index (Phi) is 5.66. The van der Waals surface area contributed by atoms with Crippen LogP contribution in [-0.2, 0) is 6.54 Å². The van der Waals surface area contributed by atoms with E-state index in [0.29, 0.717) is 6.04 Å². The minimum absolute atomic E-state index is 0.324. The normalized spacial score (nSPS) is 13.1. The number of benzene rings is 1. The number of nitrogens with zero attached hydrogens (tertiary/aromatic N) is 1. The Labute approximate surface area is 106 Å². The molecule has 2 nitrogen and oxygen atoms in total. The first-order chi connectivity index (χ1) is 7.99. The van der Waals surface area contributed by atoms with E-state index in [2.05, 4.69) is 50.9 Å². The predicted molar refractivity (Wildman–Crippen MR) is 75.1 cm³/mol. The second kappa shape index (κ2) is 6.77. The molecule has 0 aliphatic heterocycles. The van der Waals surface area contributed by atoms with E-state index in [1.807, 2.05) is 0 Å². The molecule has 0 heterocycles. The van der Waals surface area contributed by atoms with Crippen LogP contribution in [0, 0.1) is 13.8 Å². The van der Waals surface area contributed by atoms with Gasteiger partial charge in [-0.25, -0.2) is 0 Å². The summed E-state index contributed by atoms with van der Waals surface area (Å²) in [5.74, 6) is 0. The van der Waals surface area contributed by atoms with Gasteiger partial charge < -0.3 is 10.6 Å². The van der Waals surface area contributed by atoms with Crippen LogP contribution in [0.15, 0.2) is 18.2 Å². The van der Waals surface area contributed by atoms with Crippen LogP contribution in [0.2, 0.25) is 0 Å². The lowest BCUT2D eigenvalue weighted by Gasteiger charge is -2.18. The van der Waals surface area contributed by atoms with Crippen molar-refractivity contribution in [3.05, 3.63) is 34.9 Å². The SMILES string of the molecule is Cc1ccc(CN(C)CCCC(C)N)c(C)c1. The Morgan fingerprint density at radius 3 is 2.59 bits per heavy atom. The highest BCUT2D eigenvalue weighted by molar-refractivity contribution is 5.30. The quantitative estimate of drug-likeness (QED) is 0.820. The van der Waals surface area contributed by atoms with Crippen LogP contribution in [0.25, 0.3) is 0 Å². The summed E-state index contributed by atoms with van der Waals surface area (Å²) in [5, 5.41) is 0. The van der Waals surface area contributed by atoms with Gasteiger partial charge in [-0.05, 0) is 58.3 Å². The third kappa shape index (κ3) is 5.33. The zero-order chi connectivity index (χ0) is 12.8.